The Bertz CT molecular complexity index is 479. The molecule has 0 aliphatic heterocycles. The van der Waals surface area contributed by atoms with Crippen molar-refractivity contribution in [3.05, 3.63) is 34.3 Å². The van der Waals surface area contributed by atoms with E-state index < -0.39 is 11.7 Å². The lowest BCUT2D eigenvalue weighted by Gasteiger charge is -2.36. The zero-order valence-electron chi connectivity index (χ0n) is 12.1. The number of hydrazine groups is 1. The molecular weight excluding hydrogens is 320 g/mol. The Morgan fingerprint density at radius 1 is 1.30 bits per heavy atom. The van der Waals surface area contributed by atoms with Gasteiger partial charge in [0.05, 0.1) is 0 Å². The molecule has 1 aliphatic carbocycles. The molecule has 0 bridgehead atoms. The molecule has 0 heterocycles. The Morgan fingerprint density at radius 3 is 2.55 bits per heavy atom. The van der Waals surface area contributed by atoms with Crippen LogP contribution in [-0.2, 0) is 4.74 Å². The van der Waals surface area contributed by atoms with Gasteiger partial charge in [0.25, 0.3) is 0 Å². The fourth-order valence-electron chi connectivity index (χ4n) is 2.26. The van der Waals surface area contributed by atoms with Crippen LogP contribution in [0.15, 0.2) is 28.7 Å². The number of rotatable bonds is 3. The third-order valence-electron chi connectivity index (χ3n) is 3.26. The van der Waals surface area contributed by atoms with E-state index in [0.717, 1.165) is 17.3 Å². The lowest BCUT2D eigenvalue weighted by Crippen LogP contribution is -2.50. The van der Waals surface area contributed by atoms with Gasteiger partial charge in [-0.3, -0.25) is 5.43 Å². The van der Waals surface area contributed by atoms with Gasteiger partial charge in [-0.25, -0.2) is 10.2 Å². The zero-order valence-corrected chi connectivity index (χ0v) is 13.7. The van der Waals surface area contributed by atoms with E-state index in [1.54, 1.807) is 0 Å². The third kappa shape index (κ3) is 4.21. The Kier molecular flexibility index (Phi) is 4.70. The van der Waals surface area contributed by atoms with Gasteiger partial charge >= 0.3 is 6.09 Å². The Labute approximate surface area is 128 Å². The molecule has 0 saturated heterocycles. The topological polar surface area (TPSA) is 50.4 Å². The van der Waals surface area contributed by atoms with Gasteiger partial charge in [0.2, 0.25) is 0 Å². The van der Waals surface area contributed by atoms with Crippen LogP contribution in [0.2, 0.25) is 0 Å². The van der Waals surface area contributed by atoms with Crippen molar-refractivity contribution in [3.63, 3.8) is 0 Å². The first-order chi connectivity index (χ1) is 9.35. The van der Waals surface area contributed by atoms with Crippen LogP contribution in [0.1, 0.15) is 45.1 Å². The van der Waals surface area contributed by atoms with Crippen LogP contribution in [0.3, 0.4) is 0 Å². The predicted molar refractivity (Wildman–Crippen MR) is 82.4 cm³/mol. The van der Waals surface area contributed by atoms with Crippen LogP contribution >= 0.6 is 15.9 Å². The average Bonchev–Trinajstić information content (AvgIpc) is 2.26. The normalized spacial score (nSPS) is 22.0. The van der Waals surface area contributed by atoms with Crippen molar-refractivity contribution in [1.82, 2.24) is 10.9 Å². The van der Waals surface area contributed by atoms with Crippen LogP contribution in [0.5, 0.6) is 0 Å². The van der Waals surface area contributed by atoms with Crippen molar-refractivity contribution in [2.24, 2.45) is 0 Å². The second-order valence-corrected chi connectivity index (χ2v) is 7.01. The highest BCUT2D eigenvalue weighted by atomic mass is 79.9. The van der Waals surface area contributed by atoms with Crippen LogP contribution in [0.25, 0.3) is 0 Å². The SMILES string of the molecule is CC(C)(C)OC(=O)NNC1CC(c2ccccc2Br)C1. The number of hydrogen-bond donors (Lipinski definition) is 2. The minimum atomic E-state index is -0.469. The number of amides is 1. The minimum Gasteiger partial charge on any atom is -0.443 e. The number of carbonyl (C=O) groups is 1. The molecule has 0 atom stereocenters. The zero-order chi connectivity index (χ0) is 14.8. The molecule has 1 aromatic rings. The maximum absolute atomic E-state index is 11.5. The van der Waals surface area contributed by atoms with Gasteiger partial charge in [0.15, 0.2) is 0 Å². The molecule has 5 heteroatoms. The molecule has 1 aliphatic rings. The van der Waals surface area contributed by atoms with E-state index in [2.05, 4.69) is 45.0 Å². The first-order valence-corrected chi connectivity index (χ1v) is 7.63. The highest BCUT2D eigenvalue weighted by molar-refractivity contribution is 9.10. The third-order valence-corrected chi connectivity index (χ3v) is 3.98. The monoisotopic (exact) mass is 340 g/mol. The summed E-state index contributed by atoms with van der Waals surface area (Å²) in [7, 11) is 0. The van der Waals surface area contributed by atoms with E-state index in [1.165, 1.54) is 5.56 Å². The Morgan fingerprint density at radius 2 is 1.95 bits per heavy atom. The maximum atomic E-state index is 11.5. The highest BCUT2D eigenvalue weighted by Crippen LogP contribution is 2.39. The summed E-state index contributed by atoms with van der Waals surface area (Å²) in [6.45, 7) is 5.54. The smallest absolute Gasteiger partial charge is 0.422 e. The molecule has 0 spiro atoms. The van der Waals surface area contributed by atoms with Gasteiger partial charge in [-0.1, -0.05) is 34.1 Å². The van der Waals surface area contributed by atoms with Gasteiger partial charge in [0.1, 0.15) is 5.60 Å². The van der Waals surface area contributed by atoms with E-state index in [-0.39, 0.29) is 0 Å². The number of hydrogen-bond acceptors (Lipinski definition) is 3. The van der Waals surface area contributed by atoms with Gasteiger partial charge in [-0.15, -0.1) is 0 Å². The lowest BCUT2D eigenvalue weighted by molar-refractivity contribution is 0.0471. The van der Waals surface area contributed by atoms with E-state index >= 15 is 0 Å². The van der Waals surface area contributed by atoms with Crippen LogP contribution in [0, 0.1) is 0 Å². The summed E-state index contributed by atoms with van der Waals surface area (Å²) >= 11 is 3.58. The summed E-state index contributed by atoms with van der Waals surface area (Å²) < 4.78 is 6.32. The second kappa shape index (κ2) is 6.14. The average molecular weight is 341 g/mol. The molecule has 2 N–H and O–H groups in total. The molecule has 0 radical (unpaired) electrons. The van der Waals surface area contributed by atoms with Gasteiger partial charge in [-0.05, 0) is 51.2 Å². The van der Waals surface area contributed by atoms with Gasteiger partial charge < -0.3 is 4.74 Å². The fraction of sp³-hybridized carbons (Fsp3) is 0.533. The summed E-state index contributed by atoms with van der Waals surface area (Å²) in [5.41, 5.74) is 6.49. The van der Waals surface area contributed by atoms with E-state index in [1.807, 2.05) is 26.8 Å². The molecule has 1 aromatic carbocycles. The Hall–Kier alpha value is -1.07. The van der Waals surface area contributed by atoms with Crippen molar-refractivity contribution >= 4 is 22.0 Å². The predicted octanol–water partition coefficient (Wildman–Crippen LogP) is 3.72. The molecular formula is C15H21BrN2O2. The molecule has 1 amide bonds. The first kappa shape index (κ1) is 15.3. The summed E-state index contributed by atoms with van der Waals surface area (Å²) in [6.07, 6.45) is 1.60. The van der Waals surface area contributed by atoms with Crippen molar-refractivity contribution in [3.8, 4) is 0 Å². The molecule has 4 nitrogen and oxygen atoms in total. The summed E-state index contributed by atoms with van der Waals surface area (Å²) in [5, 5.41) is 0. The Balaban J connectivity index is 1.72. The van der Waals surface area contributed by atoms with Crippen molar-refractivity contribution < 1.29 is 9.53 Å². The van der Waals surface area contributed by atoms with E-state index in [9.17, 15) is 4.79 Å². The molecule has 20 heavy (non-hydrogen) atoms. The molecule has 0 aromatic heterocycles. The number of halogens is 1. The quantitative estimate of drug-likeness (QED) is 0.824. The van der Waals surface area contributed by atoms with Crippen LogP contribution in [0.4, 0.5) is 4.79 Å². The van der Waals surface area contributed by atoms with Crippen molar-refractivity contribution in [2.45, 2.75) is 51.2 Å². The molecule has 1 saturated carbocycles. The fourth-order valence-corrected chi connectivity index (χ4v) is 2.87. The standard InChI is InChI=1S/C15H21BrN2O2/c1-15(2,3)20-14(19)18-17-11-8-10(9-11)12-6-4-5-7-13(12)16/h4-7,10-11,17H,8-9H2,1-3H3,(H,18,19). The summed E-state index contributed by atoms with van der Waals surface area (Å²) in [5.74, 6) is 0.545. The number of carbonyl (C=O) groups excluding carboxylic acids is 1. The largest absolute Gasteiger partial charge is 0.443 e. The lowest BCUT2D eigenvalue weighted by atomic mass is 9.76. The molecule has 110 valence electrons. The van der Waals surface area contributed by atoms with Crippen molar-refractivity contribution in [1.29, 1.82) is 0 Å². The number of ether oxygens (including phenoxy) is 1. The van der Waals surface area contributed by atoms with Crippen LogP contribution < -0.4 is 10.9 Å². The summed E-state index contributed by atoms with van der Waals surface area (Å²) in [6, 6.07) is 8.59. The van der Waals surface area contributed by atoms with Crippen molar-refractivity contribution in [2.75, 3.05) is 0 Å². The van der Waals surface area contributed by atoms with E-state index in [4.69, 9.17) is 4.74 Å². The van der Waals surface area contributed by atoms with Crippen LogP contribution in [-0.4, -0.2) is 17.7 Å². The number of nitrogens with one attached hydrogen (secondary N) is 2. The second-order valence-electron chi connectivity index (χ2n) is 6.16. The van der Waals surface area contributed by atoms with Gasteiger partial charge in [-0.2, -0.15) is 0 Å². The molecule has 1 fully saturated rings. The maximum Gasteiger partial charge on any atom is 0.422 e. The van der Waals surface area contributed by atoms with E-state index in [0.29, 0.717) is 12.0 Å². The number of benzene rings is 1. The first-order valence-electron chi connectivity index (χ1n) is 6.84. The minimum absolute atomic E-state index is 0.305. The molecule has 0 unspecified atom stereocenters. The molecule has 2 rings (SSSR count). The summed E-state index contributed by atoms with van der Waals surface area (Å²) in [4.78, 5) is 11.5. The highest BCUT2D eigenvalue weighted by Gasteiger charge is 2.31. The van der Waals surface area contributed by atoms with Gasteiger partial charge in [0, 0.05) is 10.5 Å².